The minimum Gasteiger partial charge on any atom is -0.354 e. The van der Waals surface area contributed by atoms with Gasteiger partial charge in [-0.3, -0.25) is 9.00 Å². The van der Waals surface area contributed by atoms with E-state index in [9.17, 15) is 9.00 Å². The number of nitrogens with zero attached hydrogens (tertiary/aromatic N) is 4. The highest BCUT2D eigenvalue weighted by Crippen LogP contribution is 2.21. The third kappa shape index (κ3) is 5.71. The fourth-order valence-electron chi connectivity index (χ4n) is 3.94. The van der Waals surface area contributed by atoms with Gasteiger partial charge in [0.25, 0.3) is 0 Å². The summed E-state index contributed by atoms with van der Waals surface area (Å²) in [6.45, 7) is 3.68. The first kappa shape index (κ1) is 21.5. The van der Waals surface area contributed by atoms with Crippen molar-refractivity contribution in [3.05, 3.63) is 66.6 Å². The van der Waals surface area contributed by atoms with Gasteiger partial charge in [0.05, 0.1) is 17.6 Å². The zero-order valence-electron chi connectivity index (χ0n) is 17.7. The summed E-state index contributed by atoms with van der Waals surface area (Å²) in [6.07, 6.45) is 9.39. The minimum absolute atomic E-state index is 0.00162. The van der Waals surface area contributed by atoms with Gasteiger partial charge in [0.15, 0.2) is 0 Å². The number of piperidine rings is 1. The number of carbonyl (C=O) groups is 1. The molecule has 3 aromatic rings. The predicted molar refractivity (Wildman–Crippen MR) is 123 cm³/mol. The molecule has 3 heterocycles. The van der Waals surface area contributed by atoms with Gasteiger partial charge in [-0.1, -0.05) is 24.6 Å². The van der Waals surface area contributed by atoms with Crippen molar-refractivity contribution in [3.8, 4) is 11.5 Å². The van der Waals surface area contributed by atoms with Crippen LogP contribution in [0, 0.1) is 0 Å². The van der Waals surface area contributed by atoms with Crippen LogP contribution in [0.1, 0.15) is 24.8 Å². The lowest BCUT2D eigenvalue weighted by Gasteiger charge is -2.26. The van der Waals surface area contributed by atoms with Crippen molar-refractivity contribution in [2.45, 2.75) is 25.0 Å². The molecule has 2 aromatic heterocycles. The number of aromatic nitrogens is 3. The van der Waals surface area contributed by atoms with Gasteiger partial charge in [-0.2, -0.15) is 5.10 Å². The lowest BCUT2D eigenvalue weighted by molar-refractivity contribution is -0.118. The summed E-state index contributed by atoms with van der Waals surface area (Å²) in [6, 6.07) is 13.7. The fraction of sp³-hybridized carbons (Fsp3) is 0.391. The van der Waals surface area contributed by atoms with Crippen molar-refractivity contribution in [2.75, 3.05) is 31.9 Å². The highest BCUT2D eigenvalue weighted by Gasteiger charge is 2.18. The SMILES string of the molecule is O=C(C[S@](=O)Cc1cnn(-c2ccccc2)c1-n1cccc1)NCCN1CCCCC1. The number of amides is 1. The Morgan fingerprint density at radius 2 is 1.77 bits per heavy atom. The van der Waals surface area contributed by atoms with E-state index in [0.717, 1.165) is 36.7 Å². The number of likely N-dealkylation sites (tertiary alicyclic amines) is 1. The molecule has 1 amide bonds. The van der Waals surface area contributed by atoms with E-state index >= 15 is 0 Å². The number of para-hydroxylation sites is 1. The van der Waals surface area contributed by atoms with E-state index < -0.39 is 10.8 Å². The molecule has 1 atom stereocenters. The molecular weight excluding hydrogens is 410 g/mol. The van der Waals surface area contributed by atoms with Crippen LogP contribution in [-0.2, 0) is 21.3 Å². The molecule has 7 nitrogen and oxygen atoms in total. The molecule has 1 aliphatic heterocycles. The molecule has 1 fully saturated rings. The van der Waals surface area contributed by atoms with Crippen LogP contribution in [0.3, 0.4) is 0 Å². The van der Waals surface area contributed by atoms with E-state index in [1.54, 1.807) is 6.20 Å². The van der Waals surface area contributed by atoms with Crippen molar-refractivity contribution in [1.29, 1.82) is 0 Å². The van der Waals surface area contributed by atoms with E-state index in [-0.39, 0.29) is 17.4 Å². The first-order valence-corrected chi connectivity index (χ1v) is 12.3. The Hall–Kier alpha value is -2.71. The Labute approximate surface area is 185 Å². The molecule has 0 radical (unpaired) electrons. The van der Waals surface area contributed by atoms with E-state index in [1.807, 2.05) is 64.1 Å². The molecule has 0 unspecified atom stereocenters. The van der Waals surface area contributed by atoms with E-state index in [4.69, 9.17) is 0 Å². The smallest absolute Gasteiger partial charge is 0.232 e. The first-order valence-electron chi connectivity index (χ1n) is 10.8. The molecule has 1 aliphatic rings. The molecule has 1 N–H and O–H groups in total. The maximum Gasteiger partial charge on any atom is 0.232 e. The van der Waals surface area contributed by atoms with Crippen LogP contribution in [0.25, 0.3) is 11.5 Å². The Balaban J connectivity index is 1.38. The van der Waals surface area contributed by atoms with Crippen molar-refractivity contribution in [2.24, 2.45) is 0 Å². The standard InChI is InChI=1S/C23H29N5O2S/c29-22(24-11-16-26-12-5-2-6-13-26)19-31(30)18-20-17-25-28(21-9-3-1-4-10-21)23(20)27-14-7-8-15-27/h1,3-4,7-10,14-15,17H,2,5-6,11-13,16,18-19H2,(H,24,29)/t31-/m1/s1. The Bertz CT molecular complexity index is 994. The van der Waals surface area contributed by atoms with Gasteiger partial charge in [0.1, 0.15) is 11.6 Å². The third-order valence-corrected chi connectivity index (χ3v) is 6.69. The molecule has 1 saturated heterocycles. The molecular formula is C23H29N5O2S. The van der Waals surface area contributed by atoms with E-state index in [0.29, 0.717) is 6.54 Å². The van der Waals surface area contributed by atoms with Gasteiger partial charge in [0.2, 0.25) is 5.91 Å². The summed E-state index contributed by atoms with van der Waals surface area (Å²) < 4.78 is 16.6. The van der Waals surface area contributed by atoms with Gasteiger partial charge in [-0.25, -0.2) is 4.68 Å². The summed E-state index contributed by atoms with van der Waals surface area (Å²) in [7, 11) is -1.32. The second kappa shape index (κ2) is 10.5. The molecule has 31 heavy (non-hydrogen) atoms. The quantitative estimate of drug-likeness (QED) is 0.556. The average Bonchev–Trinajstić information content (AvgIpc) is 3.45. The van der Waals surface area contributed by atoms with Crippen LogP contribution in [0.2, 0.25) is 0 Å². The van der Waals surface area contributed by atoms with E-state index in [2.05, 4.69) is 15.3 Å². The van der Waals surface area contributed by atoms with Crippen LogP contribution < -0.4 is 5.32 Å². The lowest BCUT2D eigenvalue weighted by atomic mass is 10.1. The monoisotopic (exact) mass is 439 g/mol. The van der Waals surface area contributed by atoms with E-state index in [1.165, 1.54) is 19.3 Å². The highest BCUT2D eigenvalue weighted by atomic mass is 32.2. The summed E-state index contributed by atoms with van der Waals surface area (Å²) in [5.74, 6) is 0.963. The van der Waals surface area contributed by atoms with Crippen molar-refractivity contribution >= 4 is 16.7 Å². The summed E-state index contributed by atoms with van der Waals surface area (Å²) in [5, 5.41) is 7.45. The second-order valence-electron chi connectivity index (χ2n) is 7.81. The summed E-state index contributed by atoms with van der Waals surface area (Å²) in [5.41, 5.74) is 1.78. The Morgan fingerprint density at radius 3 is 2.52 bits per heavy atom. The maximum atomic E-state index is 12.7. The Morgan fingerprint density at radius 1 is 1.03 bits per heavy atom. The van der Waals surface area contributed by atoms with Crippen LogP contribution in [0.4, 0.5) is 0 Å². The molecule has 4 rings (SSSR count). The van der Waals surface area contributed by atoms with Gasteiger partial charge in [-0.15, -0.1) is 0 Å². The van der Waals surface area contributed by atoms with Crippen LogP contribution in [0.15, 0.2) is 61.1 Å². The largest absolute Gasteiger partial charge is 0.354 e. The third-order valence-electron chi connectivity index (χ3n) is 5.47. The maximum absolute atomic E-state index is 12.7. The minimum atomic E-state index is -1.32. The van der Waals surface area contributed by atoms with Gasteiger partial charge in [0, 0.05) is 41.8 Å². The van der Waals surface area contributed by atoms with Crippen molar-refractivity contribution in [3.63, 3.8) is 0 Å². The number of hydrogen-bond acceptors (Lipinski definition) is 4. The van der Waals surface area contributed by atoms with Gasteiger partial charge >= 0.3 is 0 Å². The van der Waals surface area contributed by atoms with Crippen LogP contribution in [-0.4, -0.2) is 61.3 Å². The number of hydrogen-bond donors (Lipinski definition) is 1. The highest BCUT2D eigenvalue weighted by molar-refractivity contribution is 7.84. The number of rotatable bonds is 9. The van der Waals surface area contributed by atoms with Gasteiger partial charge in [-0.05, 0) is 50.2 Å². The zero-order chi connectivity index (χ0) is 21.5. The fourth-order valence-corrected chi connectivity index (χ4v) is 4.99. The number of carbonyl (C=O) groups excluding carboxylic acids is 1. The molecule has 0 aliphatic carbocycles. The second-order valence-corrected chi connectivity index (χ2v) is 9.27. The first-order chi connectivity index (χ1) is 15.2. The predicted octanol–water partition coefficient (Wildman–Crippen LogP) is 2.51. The molecule has 0 saturated carbocycles. The molecule has 0 spiro atoms. The van der Waals surface area contributed by atoms with Crippen molar-refractivity contribution in [1.82, 2.24) is 24.6 Å². The molecule has 1 aromatic carbocycles. The molecule has 164 valence electrons. The summed E-state index contributed by atoms with van der Waals surface area (Å²) in [4.78, 5) is 14.7. The Kier molecular flexibility index (Phi) is 7.32. The molecule has 8 heteroatoms. The average molecular weight is 440 g/mol. The van der Waals surface area contributed by atoms with Crippen LogP contribution in [0.5, 0.6) is 0 Å². The van der Waals surface area contributed by atoms with Gasteiger partial charge < -0.3 is 14.8 Å². The zero-order valence-corrected chi connectivity index (χ0v) is 18.5. The van der Waals surface area contributed by atoms with Crippen LogP contribution >= 0.6 is 0 Å². The topological polar surface area (TPSA) is 72.2 Å². The lowest BCUT2D eigenvalue weighted by Crippen LogP contribution is -2.38. The van der Waals surface area contributed by atoms with Crippen molar-refractivity contribution < 1.29 is 9.00 Å². The normalized spacial score (nSPS) is 15.6. The summed E-state index contributed by atoms with van der Waals surface area (Å²) >= 11 is 0. The number of nitrogens with one attached hydrogen (secondary N) is 1. The number of benzene rings is 1. The molecule has 0 bridgehead atoms.